The Balaban J connectivity index is 2.16. The summed E-state index contributed by atoms with van der Waals surface area (Å²) in [5.74, 6) is -1.40. The van der Waals surface area contributed by atoms with Gasteiger partial charge in [0.15, 0.2) is 5.70 Å². The number of fused-ring (bicyclic) bond motifs is 2. The molecule has 0 saturated carbocycles. The third-order valence-electron chi connectivity index (χ3n) is 6.95. The molecule has 3 aromatic carbocycles. The molecule has 3 aromatic rings. The molecule has 8 heteroatoms. The Bertz CT molecular complexity index is 1960. The summed E-state index contributed by atoms with van der Waals surface area (Å²) < 4.78 is 29.1. The van der Waals surface area contributed by atoms with Gasteiger partial charge >= 0.3 is 5.82 Å². The summed E-state index contributed by atoms with van der Waals surface area (Å²) in [7, 11) is 0. The summed E-state index contributed by atoms with van der Waals surface area (Å²) in [6.07, 6.45) is -0.0748. The van der Waals surface area contributed by atoms with E-state index in [1.165, 1.54) is 36.4 Å². The van der Waals surface area contributed by atoms with E-state index in [2.05, 4.69) is 20.6 Å². The van der Waals surface area contributed by atoms with Gasteiger partial charge in [-0.3, -0.25) is 0 Å². The minimum atomic E-state index is -0.553. The van der Waals surface area contributed by atoms with Crippen LogP contribution in [-0.2, 0) is 12.8 Å². The van der Waals surface area contributed by atoms with Crippen molar-refractivity contribution in [1.29, 1.82) is 15.8 Å². The van der Waals surface area contributed by atoms with Crippen molar-refractivity contribution in [2.45, 2.75) is 12.8 Å². The molecule has 0 radical (unpaired) electrons. The summed E-state index contributed by atoms with van der Waals surface area (Å²) in [6, 6.07) is 17.1. The summed E-state index contributed by atoms with van der Waals surface area (Å²) in [5.41, 5.74) is 2.69. The van der Waals surface area contributed by atoms with E-state index < -0.39 is 11.6 Å². The number of hydrogen-bond acceptors (Lipinski definition) is 3. The van der Waals surface area contributed by atoms with Crippen LogP contribution in [-0.4, -0.2) is 0 Å². The molecule has 0 atom stereocenters. The number of rotatable bonds is 2. The molecular weight excluding hydrogens is 506 g/mol. The molecule has 0 aliphatic heterocycles. The topological polar surface area (TPSA) is 84.5 Å². The molecule has 0 saturated heterocycles. The van der Waals surface area contributed by atoms with Crippen LogP contribution in [0.4, 0.5) is 8.78 Å². The maximum atomic E-state index is 14.5. The van der Waals surface area contributed by atoms with E-state index >= 15 is 0 Å². The van der Waals surface area contributed by atoms with Crippen LogP contribution in [0.1, 0.15) is 11.1 Å². The van der Waals surface area contributed by atoms with E-state index in [0.717, 1.165) is 0 Å². The molecule has 6 nitrogen and oxygen atoms in total. The fourth-order valence-electron chi connectivity index (χ4n) is 5.46. The van der Waals surface area contributed by atoms with Crippen molar-refractivity contribution in [3.63, 3.8) is 0 Å². The largest absolute Gasteiger partial charge is 0.512 e. The van der Waals surface area contributed by atoms with Gasteiger partial charge in [0.1, 0.15) is 48.6 Å². The minimum absolute atomic E-state index is 0.0320. The molecule has 5 rings (SSSR count). The maximum Gasteiger partial charge on any atom is 0.512 e. The van der Waals surface area contributed by atoms with Crippen molar-refractivity contribution in [3.8, 4) is 40.5 Å². The third kappa shape index (κ3) is 3.71. The molecule has 0 aromatic heterocycles. The molecule has 0 N–H and O–H groups in total. The number of benzene rings is 3. The molecule has 2 aliphatic rings. The number of halogens is 2. The Morgan fingerprint density at radius 1 is 0.750 bits per heavy atom. The van der Waals surface area contributed by atoms with Crippen LogP contribution in [0.15, 0.2) is 71.1 Å². The van der Waals surface area contributed by atoms with E-state index in [0.29, 0.717) is 43.8 Å². The lowest BCUT2D eigenvalue weighted by Gasteiger charge is -2.17. The fraction of sp³-hybridized carbons (Fsp3) is 0.0625. The lowest BCUT2D eigenvalue weighted by atomic mass is 9.87. The first-order chi connectivity index (χ1) is 19.4. The first-order valence-electron chi connectivity index (χ1n) is 11.7. The first kappa shape index (κ1) is 25.3. The van der Waals surface area contributed by atoms with Crippen LogP contribution >= 0.6 is 0 Å². The zero-order chi connectivity index (χ0) is 28.6. The van der Waals surface area contributed by atoms with Gasteiger partial charge < -0.3 is 0 Å². The van der Waals surface area contributed by atoms with Crippen molar-refractivity contribution in [3.05, 3.63) is 139 Å². The Morgan fingerprint density at radius 2 is 1.27 bits per heavy atom. The van der Waals surface area contributed by atoms with Crippen molar-refractivity contribution in [1.82, 2.24) is 0 Å². The molecule has 0 amide bonds. The molecule has 0 spiro atoms. The van der Waals surface area contributed by atoms with E-state index in [4.69, 9.17) is 19.7 Å². The second kappa shape index (κ2) is 9.86. The summed E-state index contributed by atoms with van der Waals surface area (Å²) in [5, 5.41) is 30.3. The zero-order valence-electron chi connectivity index (χ0n) is 20.5. The average Bonchev–Trinajstić information content (AvgIpc) is 3.51. The fourth-order valence-corrected chi connectivity index (χ4v) is 5.46. The Morgan fingerprint density at radius 3 is 1.75 bits per heavy atom. The highest BCUT2D eigenvalue weighted by atomic mass is 19.1. The maximum absolute atomic E-state index is 14.5. The number of nitrogens with zero attached hydrogens (tertiary/aromatic N) is 6. The normalized spacial score (nSPS) is 12.7. The molecule has 0 bridgehead atoms. The molecule has 0 unspecified atom stereocenters. The van der Waals surface area contributed by atoms with E-state index in [9.17, 15) is 24.6 Å². The number of allylic oxidation sites excluding steroid dienone is 2. The van der Waals surface area contributed by atoms with E-state index in [1.807, 2.05) is 12.1 Å². The van der Waals surface area contributed by atoms with Crippen molar-refractivity contribution in [2.24, 2.45) is 0 Å². The van der Waals surface area contributed by atoms with E-state index in [-0.39, 0.29) is 46.7 Å². The highest BCUT2D eigenvalue weighted by Crippen LogP contribution is 2.39. The van der Waals surface area contributed by atoms with Crippen LogP contribution in [0, 0.1) is 65.3 Å². The van der Waals surface area contributed by atoms with Gasteiger partial charge in [-0.25, -0.2) is 13.6 Å². The smallest absolute Gasteiger partial charge is 0.238 e. The minimum Gasteiger partial charge on any atom is -0.238 e. The Labute approximate surface area is 227 Å². The average molecular weight is 518 g/mol. The van der Waals surface area contributed by atoms with Gasteiger partial charge in [0.05, 0.1) is 17.7 Å². The van der Waals surface area contributed by atoms with Gasteiger partial charge in [-0.05, 0) is 69.3 Å². The van der Waals surface area contributed by atoms with Crippen LogP contribution < -0.4 is 10.4 Å². The number of nitriles is 3. The van der Waals surface area contributed by atoms with Gasteiger partial charge in [-0.2, -0.15) is 25.5 Å². The predicted molar refractivity (Wildman–Crippen MR) is 141 cm³/mol. The molecule has 0 heterocycles. The molecule has 0 fully saturated rings. The van der Waals surface area contributed by atoms with Gasteiger partial charge in [0.2, 0.25) is 0 Å². The quantitative estimate of drug-likeness (QED) is 0.331. The van der Waals surface area contributed by atoms with Crippen LogP contribution in [0.2, 0.25) is 0 Å². The lowest BCUT2D eigenvalue weighted by molar-refractivity contribution is 0.628. The zero-order valence-corrected chi connectivity index (χ0v) is 20.5. The van der Waals surface area contributed by atoms with Crippen molar-refractivity contribution >= 4 is 11.3 Å². The SMILES string of the molecule is [C-]#[N+]C([N+]#[C-])=C1Cc2c(-c3cccc(F)c3)c3c(c(-c4cccc(F)c4)c2=C1[N+]#[C-])CC(=C(C#N)C#N)C=3C#N. The summed E-state index contributed by atoms with van der Waals surface area (Å²) in [6.45, 7) is 23.1. The van der Waals surface area contributed by atoms with Gasteiger partial charge in [-0.15, -0.1) is 0 Å². The second-order valence-electron chi connectivity index (χ2n) is 8.88. The Kier molecular flexibility index (Phi) is 6.24. The predicted octanol–water partition coefficient (Wildman–Crippen LogP) is 5.51. The van der Waals surface area contributed by atoms with Crippen molar-refractivity contribution < 1.29 is 8.78 Å². The molecule has 2 aliphatic carbocycles. The van der Waals surface area contributed by atoms with Crippen LogP contribution in [0.25, 0.3) is 48.1 Å². The molecular formula is C32H12F2N6. The van der Waals surface area contributed by atoms with Gasteiger partial charge in [0.25, 0.3) is 0 Å². The molecule has 184 valence electrons. The van der Waals surface area contributed by atoms with Gasteiger partial charge in [-0.1, -0.05) is 24.3 Å². The number of hydrogen-bond donors (Lipinski definition) is 0. The molecule has 40 heavy (non-hydrogen) atoms. The lowest BCUT2D eigenvalue weighted by Crippen LogP contribution is -2.24. The van der Waals surface area contributed by atoms with Crippen LogP contribution in [0.5, 0.6) is 0 Å². The highest BCUT2D eigenvalue weighted by molar-refractivity contribution is 5.95. The monoisotopic (exact) mass is 518 g/mol. The second-order valence-corrected chi connectivity index (χ2v) is 8.88. The first-order valence-corrected chi connectivity index (χ1v) is 11.7. The standard InChI is InChI=1S/C32H12F2N6/c1-38-31-25(32(39-2)40-3)13-24-27(17-6-4-8-20(33)10-17)29-23(12-22(26(29)16-37)19(14-35)15-36)28(30(24)31)18-7-5-9-21(34)11-18/h4-11H,12-13H2. The third-order valence-corrected chi connectivity index (χ3v) is 6.95. The summed E-state index contributed by atoms with van der Waals surface area (Å²) in [4.78, 5) is 10.4. The van der Waals surface area contributed by atoms with Gasteiger partial charge in [0, 0.05) is 17.2 Å². The highest BCUT2D eigenvalue weighted by Gasteiger charge is 2.36. The Hall–Kier alpha value is -6.32. The van der Waals surface area contributed by atoms with E-state index in [1.54, 1.807) is 12.1 Å². The van der Waals surface area contributed by atoms with Crippen molar-refractivity contribution in [2.75, 3.05) is 0 Å². The summed E-state index contributed by atoms with van der Waals surface area (Å²) >= 11 is 0. The van der Waals surface area contributed by atoms with Crippen LogP contribution in [0.3, 0.4) is 0 Å².